The summed E-state index contributed by atoms with van der Waals surface area (Å²) in [6, 6.07) is 6.85. The minimum absolute atomic E-state index is 0.111. The molecule has 2 aromatic heterocycles. The minimum Gasteiger partial charge on any atom is -0.468 e. The van der Waals surface area contributed by atoms with Gasteiger partial charge < -0.3 is 19.7 Å². The zero-order chi connectivity index (χ0) is 18.5. The molecule has 1 aliphatic heterocycles. The van der Waals surface area contributed by atoms with Gasteiger partial charge in [0, 0.05) is 31.9 Å². The van der Waals surface area contributed by atoms with E-state index >= 15 is 0 Å². The third kappa shape index (κ3) is 4.37. The number of ether oxygens (including phenoxy) is 2. The number of nitrogens with one attached hydrogen (secondary N) is 1. The fourth-order valence-corrected chi connectivity index (χ4v) is 2.53. The van der Waals surface area contributed by atoms with E-state index in [1.54, 1.807) is 18.0 Å². The SMILES string of the molecule is Cc1cccc(NC(=O)c2cc(OCC(=O)N3CCOCC3)n(C)n2)n1. The van der Waals surface area contributed by atoms with Gasteiger partial charge in [-0.05, 0) is 19.1 Å². The van der Waals surface area contributed by atoms with E-state index in [0.29, 0.717) is 38.0 Å². The first-order chi connectivity index (χ1) is 12.5. The number of aromatic nitrogens is 3. The summed E-state index contributed by atoms with van der Waals surface area (Å²) in [5.74, 6) is 0.275. The molecule has 0 aromatic carbocycles. The third-order valence-corrected chi connectivity index (χ3v) is 3.91. The standard InChI is InChI=1S/C17H21N5O4/c1-12-4-3-5-14(18-12)19-17(24)13-10-16(21(2)20-13)26-11-15(23)22-6-8-25-9-7-22/h3-5,10H,6-9,11H2,1-2H3,(H,18,19,24). The van der Waals surface area contributed by atoms with Crippen molar-refractivity contribution in [1.29, 1.82) is 0 Å². The molecule has 1 fully saturated rings. The van der Waals surface area contributed by atoms with E-state index in [9.17, 15) is 9.59 Å². The zero-order valence-corrected chi connectivity index (χ0v) is 14.8. The Bertz CT molecular complexity index is 798. The van der Waals surface area contributed by atoms with Crippen molar-refractivity contribution in [1.82, 2.24) is 19.7 Å². The van der Waals surface area contributed by atoms with Crippen LogP contribution >= 0.6 is 0 Å². The summed E-state index contributed by atoms with van der Waals surface area (Å²) in [6.45, 7) is 3.92. The predicted octanol–water partition coefficient (Wildman–Crippen LogP) is 0.613. The molecule has 3 rings (SSSR count). The molecule has 0 aliphatic carbocycles. The fraction of sp³-hybridized carbons (Fsp3) is 0.412. The van der Waals surface area contributed by atoms with E-state index in [1.165, 1.54) is 10.7 Å². The van der Waals surface area contributed by atoms with Crippen molar-refractivity contribution in [2.24, 2.45) is 7.05 Å². The molecule has 0 saturated carbocycles. The number of pyridine rings is 1. The third-order valence-electron chi connectivity index (χ3n) is 3.91. The smallest absolute Gasteiger partial charge is 0.277 e. The Hall–Kier alpha value is -2.94. The maximum atomic E-state index is 12.3. The number of morpholine rings is 1. The molecule has 0 spiro atoms. The highest BCUT2D eigenvalue weighted by Gasteiger charge is 2.19. The van der Waals surface area contributed by atoms with Crippen molar-refractivity contribution in [3.63, 3.8) is 0 Å². The zero-order valence-electron chi connectivity index (χ0n) is 14.8. The molecular weight excluding hydrogens is 338 g/mol. The molecule has 2 amide bonds. The highest BCUT2D eigenvalue weighted by atomic mass is 16.5. The number of hydrogen-bond donors (Lipinski definition) is 1. The molecule has 9 nitrogen and oxygen atoms in total. The van der Waals surface area contributed by atoms with Crippen LogP contribution in [-0.4, -0.2) is 64.4 Å². The van der Waals surface area contributed by atoms with Crippen molar-refractivity contribution in [2.45, 2.75) is 6.92 Å². The average molecular weight is 359 g/mol. The van der Waals surface area contributed by atoms with Crippen molar-refractivity contribution < 1.29 is 19.1 Å². The van der Waals surface area contributed by atoms with E-state index in [-0.39, 0.29) is 18.2 Å². The van der Waals surface area contributed by atoms with Crippen molar-refractivity contribution in [3.05, 3.63) is 35.7 Å². The van der Waals surface area contributed by atoms with Crippen LogP contribution in [-0.2, 0) is 16.6 Å². The Balaban J connectivity index is 1.59. The Kier molecular flexibility index (Phi) is 5.47. The summed E-state index contributed by atoms with van der Waals surface area (Å²) >= 11 is 0. The molecule has 9 heteroatoms. The molecule has 3 heterocycles. The summed E-state index contributed by atoms with van der Waals surface area (Å²) < 4.78 is 12.2. The number of nitrogens with zero attached hydrogens (tertiary/aromatic N) is 4. The normalized spacial score (nSPS) is 14.2. The van der Waals surface area contributed by atoms with Crippen molar-refractivity contribution >= 4 is 17.6 Å². The van der Waals surface area contributed by atoms with Gasteiger partial charge in [-0.1, -0.05) is 6.07 Å². The molecule has 1 N–H and O–H groups in total. The van der Waals surface area contributed by atoms with Gasteiger partial charge in [-0.25, -0.2) is 9.67 Å². The number of hydrogen-bond acceptors (Lipinski definition) is 6. The molecule has 2 aromatic rings. The van der Waals surface area contributed by atoms with Crippen LogP contribution in [0.4, 0.5) is 5.82 Å². The van der Waals surface area contributed by atoms with Crippen LogP contribution in [0.1, 0.15) is 16.2 Å². The summed E-state index contributed by atoms with van der Waals surface area (Å²) in [6.07, 6.45) is 0. The monoisotopic (exact) mass is 359 g/mol. The van der Waals surface area contributed by atoms with Gasteiger partial charge in [-0.15, -0.1) is 0 Å². The van der Waals surface area contributed by atoms with Gasteiger partial charge in [-0.3, -0.25) is 9.59 Å². The van der Waals surface area contributed by atoms with Gasteiger partial charge in [0.15, 0.2) is 12.3 Å². The molecule has 26 heavy (non-hydrogen) atoms. The van der Waals surface area contributed by atoms with Crippen LogP contribution in [0.3, 0.4) is 0 Å². The second-order valence-electron chi connectivity index (χ2n) is 5.89. The summed E-state index contributed by atoms with van der Waals surface area (Å²) in [7, 11) is 1.65. The minimum atomic E-state index is -0.395. The Morgan fingerprint density at radius 1 is 1.31 bits per heavy atom. The van der Waals surface area contributed by atoms with Crippen LogP contribution < -0.4 is 10.1 Å². The topological polar surface area (TPSA) is 98.6 Å². The molecule has 0 radical (unpaired) electrons. The van der Waals surface area contributed by atoms with Gasteiger partial charge in [0.2, 0.25) is 5.88 Å². The number of amides is 2. The first-order valence-corrected chi connectivity index (χ1v) is 8.30. The van der Waals surface area contributed by atoms with Crippen molar-refractivity contribution in [3.8, 4) is 5.88 Å². The molecular formula is C17H21N5O4. The number of carbonyl (C=O) groups excluding carboxylic acids is 2. The Morgan fingerprint density at radius 2 is 2.08 bits per heavy atom. The van der Waals surface area contributed by atoms with Crippen LogP contribution in [0, 0.1) is 6.92 Å². The molecule has 0 atom stereocenters. The van der Waals surface area contributed by atoms with Crippen LogP contribution in [0.25, 0.3) is 0 Å². The highest BCUT2D eigenvalue weighted by Crippen LogP contribution is 2.14. The van der Waals surface area contributed by atoms with E-state index in [4.69, 9.17) is 9.47 Å². The van der Waals surface area contributed by atoms with Crippen molar-refractivity contribution in [2.75, 3.05) is 38.2 Å². The largest absolute Gasteiger partial charge is 0.468 e. The van der Waals surface area contributed by atoms with Gasteiger partial charge in [-0.2, -0.15) is 5.10 Å². The lowest BCUT2D eigenvalue weighted by atomic mass is 10.3. The Labute approximate surface area is 150 Å². The number of anilines is 1. The lowest BCUT2D eigenvalue weighted by molar-refractivity contribution is -0.137. The van der Waals surface area contributed by atoms with Gasteiger partial charge in [0.25, 0.3) is 11.8 Å². The first-order valence-electron chi connectivity index (χ1n) is 8.30. The second kappa shape index (κ2) is 7.96. The lowest BCUT2D eigenvalue weighted by Gasteiger charge is -2.26. The van der Waals surface area contributed by atoms with E-state index < -0.39 is 5.91 Å². The second-order valence-corrected chi connectivity index (χ2v) is 5.89. The average Bonchev–Trinajstić information content (AvgIpc) is 3.01. The lowest BCUT2D eigenvalue weighted by Crippen LogP contribution is -2.43. The molecule has 1 saturated heterocycles. The maximum Gasteiger partial charge on any atom is 0.277 e. The maximum absolute atomic E-state index is 12.3. The van der Waals surface area contributed by atoms with E-state index in [0.717, 1.165) is 5.69 Å². The van der Waals surface area contributed by atoms with Gasteiger partial charge >= 0.3 is 0 Å². The number of carbonyl (C=O) groups is 2. The molecule has 0 bridgehead atoms. The number of rotatable bonds is 5. The van der Waals surface area contributed by atoms with Crippen LogP contribution in [0.2, 0.25) is 0 Å². The number of aryl methyl sites for hydroxylation is 2. The quantitative estimate of drug-likeness (QED) is 0.840. The van der Waals surface area contributed by atoms with Crippen LogP contribution in [0.15, 0.2) is 24.3 Å². The van der Waals surface area contributed by atoms with E-state index in [2.05, 4.69) is 15.4 Å². The summed E-state index contributed by atoms with van der Waals surface area (Å²) in [4.78, 5) is 30.3. The van der Waals surface area contributed by atoms with Gasteiger partial charge in [0.05, 0.1) is 13.2 Å². The molecule has 0 unspecified atom stereocenters. The fourth-order valence-electron chi connectivity index (χ4n) is 2.53. The summed E-state index contributed by atoms with van der Waals surface area (Å²) in [5.41, 5.74) is 0.985. The Morgan fingerprint density at radius 3 is 2.81 bits per heavy atom. The first kappa shape index (κ1) is 17.9. The molecule has 1 aliphatic rings. The summed E-state index contributed by atoms with van der Waals surface area (Å²) in [5, 5.41) is 6.81. The molecule has 138 valence electrons. The predicted molar refractivity (Wildman–Crippen MR) is 93.0 cm³/mol. The van der Waals surface area contributed by atoms with Gasteiger partial charge in [0.1, 0.15) is 5.82 Å². The van der Waals surface area contributed by atoms with E-state index in [1.807, 2.05) is 19.1 Å². The highest BCUT2D eigenvalue weighted by molar-refractivity contribution is 6.02. The van der Waals surface area contributed by atoms with Crippen LogP contribution in [0.5, 0.6) is 5.88 Å².